The topological polar surface area (TPSA) is 75.1 Å². The van der Waals surface area contributed by atoms with Crippen molar-refractivity contribution in [2.45, 2.75) is 13.2 Å². The van der Waals surface area contributed by atoms with Gasteiger partial charge in [0.05, 0.1) is 68.6 Å². The molecule has 0 saturated heterocycles. The first-order chi connectivity index (χ1) is 19.2. The molecular formula is C31H34BrN3O4. The lowest BCUT2D eigenvalue weighted by molar-refractivity contribution is 0.0602. The highest BCUT2D eigenvalue weighted by atomic mass is 79.9. The fourth-order valence-electron chi connectivity index (χ4n) is 3.31. The second kappa shape index (κ2) is 18.1. The van der Waals surface area contributed by atoms with Gasteiger partial charge in [0, 0.05) is 36.0 Å². The Bertz CT molecular complexity index is 1180. The van der Waals surface area contributed by atoms with Gasteiger partial charge in [-0.2, -0.15) is 0 Å². The molecule has 8 heteroatoms. The van der Waals surface area contributed by atoms with Gasteiger partial charge in [0.15, 0.2) is 0 Å². The molecule has 7 nitrogen and oxygen atoms in total. The Balaban J connectivity index is 0.000000272. The molecular weight excluding hydrogens is 558 g/mol. The highest BCUT2D eigenvalue weighted by Gasteiger charge is 2.07. The summed E-state index contributed by atoms with van der Waals surface area (Å²) >= 11 is 3.32. The molecule has 0 aliphatic carbocycles. The highest BCUT2D eigenvalue weighted by Crippen LogP contribution is 2.18. The number of benzene rings is 2. The molecule has 0 unspecified atom stereocenters. The molecule has 0 aliphatic rings. The third kappa shape index (κ3) is 11.6. The Morgan fingerprint density at radius 3 is 1.59 bits per heavy atom. The minimum atomic E-state index is 0.470. The van der Waals surface area contributed by atoms with E-state index in [1.807, 2.05) is 60.7 Å². The second-order valence-corrected chi connectivity index (χ2v) is 9.17. The predicted octanol–water partition coefficient (Wildman–Crippen LogP) is 6.42. The van der Waals surface area contributed by atoms with Crippen LogP contribution in [0.2, 0.25) is 0 Å². The van der Waals surface area contributed by atoms with Crippen LogP contribution in [0.15, 0.2) is 107 Å². The first kappa shape index (κ1) is 30.3. The molecule has 0 amide bonds. The van der Waals surface area contributed by atoms with Crippen LogP contribution in [0.3, 0.4) is 0 Å². The van der Waals surface area contributed by atoms with Crippen LogP contribution >= 0.6 is 15.9 Å². The number of aliphatic imine (C=N–C) groups is 1. The summed E-state index contributed by atoms with van der Waals surface area (Å²) in [5, 5.41) is 0. The Morgan fingerprint density at radius 2 is 1.15 bits per heavy atom. The van der Waals surface area contributed by atoms with E-state index in [1.165, 1.54) is 0 Å². The summed E-state index contributed by atoms with van der Waals surface area (Å²) in [4.78, 5) is 13.5. The highest BCUT2D eigenvalue weighted by molar-refractivity contribution is 9.10. The van der Waals surface area contributed by atoms with Crippen LogP contribution in [0.1, 0.15) is 22.5 Å². The molecule has 204 valence electrons. The Labute approximate surface area is 239 Å². The first-order valence-corrected chi connectivity index (χ1v) is 13.4. The summed E-state index contributed by atoms with van der Waals surface area (Å²) in [5.41, 5.74) is 5.70. The van der Waals surface area contributed by atoms with Crippen molar-refractivity contribution in [2.24, 2.45) is 4.99 Å². The lowest BCUT2D eigenvalue weighted by atomic mass is 10.0. The van der Waals surface area contributed by atoms with Crippen LogP contribution in [-0.4, -0.2) is 56.3 Å². The maximum atomic E-state index is 5.50. The van der Waals surface area contributed by atoms with Gasteiger partial charge in [0.25, 0.3) is 0 Å². The van der Waals surface area contributed by atoms with Gasteiger partial charge in [-0.3, -0.25) is 9.97 Å². The molecule has 0 fully saturated rings. The Hall–Kier alpha value is -3.27. The number of rotatable bonds is 13. The number of aromatic nitrogens is 2. The molecule has 4 rings (SSSR count). The molecule has 0 N–H and O–H groups in total. The molecule has 2 heterocycles. The summed E-state index contributed by atoms with van der Waals surface area (Å²) in [6.45, 7) is 3.38. The van der Waals surface area contributed by atoms with Crippen molar-refractivity contribution < 1.29 is 18.9 Å². The van der Waals surface area contributed by atoms with Crippen molar-refractivity contribution in [3.8, 4) is 0 Å². The molecule has 0 saturated carbocycles. The van der Waals surface area contributed by atoms with E-state index in [9.17, 15) is 0 Å². The molecule has 2 aromatic heterocycles. The lowest BCUT2D eigenvalue weighted by Crippen LogP contribution is -2.03. The Kier molecular flexibility index (Phi) is 14.0. The SMILES string of the molecule is COCCOCc1ccc(Br)cn1.COCCOCc1ccc(N=C(c2ccccc2)c2ccccc2)cn1. The van der Waals surface area contributed by atoms with Crippen LogP contribution in [0.25, 0.3) is 0 Å². The van der Waals surface area contributed by atoms with Crippen molar-refractivity contribution in [2.75, 3.05) is 40.6 Å². The molecule has 4 aromatic rings. The van der Waals surface area contributed by atoms with Crippen molar-refractivity contribution in [1.82, 2.24) is 9.97 Å². The fraction of sp³-hybridized carbons (Fsp3) is 0.258. The minimum Gasteiger partial charge on any atom is -0.382 e. The smallest absolute Gasteiger partial charge is 0.0889 e. The van der Waals surface area contributed by atoms with Gasteiger partial charge < -0.3 is 18.9 Å². The van der Waals surface area contributed by atoms with E-state index in [1.54, 1.807) is 26.6 Å². The lowest BCUT2D eigenvalue weighted by Gasteiger charge is -2.08. The van der Waals surface area contributed by atoms with Crippen LogP contribution < -0.4 is 0 Å². The summed E-state index contributed by atoms with van der Waals surface area (Å²) in [6.07, 6.45) is 3.54. The van der Waals surface area contributed by atoms with E-state index in [0.29, 0.717) is 39.6 Å². The number of methoxy groups -OCH3 is 2. The second-order valence-electron chi connectivity index (χ2n) is 8.26. The van der Waals surface area contributed by atoms with Crippen molar-refractivity contribution >= 4 is 27.3 Å². The van der Waals surface area contributed by atoms with Gasteiger partial charge in [-0.1, -0.05) is 60.7 Å². The summed E-state index contributed by atoms with van der Waals surface area (Å²) in [5.74, 6) is 0. The zero-order valence-corrected chi connectivity index (χ0v) is 23.9. The van der Waals surface area contributed by atoms with E-state index in [2.05, 4.69) is 50.2 Å². The normalized spacial score (nSPS) is 10.4. The van der Waals surface area contributed by atoms with Gasteiger partial charge in [0.1, 0.15) is 0 Å². The fourth-order valence-corrected chi connectivity index (χ4v) is 3.55. The number of hydrogen-bond acceptors (Lipinski definition) is 7. The number of pyridine rings is 2. The van der Waals surface area contributed by atoms with E-state index in [-0.39, 0.29) is 0 Å². The number of halogens is 1. The average Bonchev–Trinajstić information content (AvgIpc) is 2.99. The van der Waals surface area contributed by atoms with Crippen LogP contribution in [0, 0.1) is 0 Å². The van der Waals surface area contributed by atoms with Crippen molar-refractivity contribution in [1.29, 1.82) is 0 Å². The van der Waals surface area contributed by atoms with E-state index in [0.717, 1.165) is 38.4 Å². The van der Waals surface area contributed by atoms with Gasteiger partial charge in [-0.15, -0.1) is 0 Å². The monoisotopic (exact) mass is 591 g/mol. The standard InChI is InChI=1S/C22H22N2O2.C9H12BrNO2/c1-25-14-15-26-17-21-13-12-20(16-23-21)24-22(18-8-4-2-5-9-18)19-10-6-3-7-11-19;1-12-4-5-13-7-9-3-2-8(10)6-11-9/h2-13,16H,14-15,17H2,1H3;2-3,6H,4-5,7H2,1H3. The zero-order chi connectivity index (χ0) is 27.5. The number of ether oxygens (including phenoxy) is 4. The molecule has 0 aliphatic heterocycles. The quantitative estimate of drug-likeness (QED) is 0.132. The van der Waals surface area contributed by atoms with Crippen molar-refractivity contribution in [3.05, 3.63) is 124 Å². The first-order valence-electron chi connectivity index (χ1n) is 12.6. The van der Waals surface area contributed by atoms with Gasteiger partial charge in [-0.05, 0) is 40.2 Å². The molecule has 2 aromatic carbocycles. The summed E-state index contributed by atoms with van der Waals surface area (Å²) in [7, 11) is 3.31. The van der Waals surface area contributed by atoms with E-state index < -0.39 is 0 Å². The maximum absolute atomic E-state index is 5.50. The Morgan fingerprint density at radius 1 is 0.641 bits per heavy atom. The molecule has 0 spiro atoms. The van der Waals surface area contributed by atoms with Crippen LogP contribution in [-0.2, 0) is 32.2 Å². The number of hydrogen-bond donors (Lipinski definition) is 0. The summed E-state index contributed by atoms with van der Waals surface area (Å²) in [6, 6.07) is 28.1. The zero-order valence-electron chi connectivity index (χ0n) is 22.3. The van der Waals surface area contributed by atoms with Gasteiger partial charge >= 0.3 is 0 Å². The van der Waals surface area contributed by atoms with Gasteiger partial charge in [0.2, 0.25) is 0 Å². The largest absolute Gasteiger partial charge is 0.382 e. The van der Waals surface area contributed by atoms with Crippen LogP contribution in [0.4, 0.5) is 5.69 Å². The van der Waals surface area contributed by atoms with E-state index >= 15 is 0 Å². The number of nitrogens with zero attached hydrogens (tertiary/aromatic N) is 3. The van der Waals surface area contributed by atoms with Crippen LogP contribution in [0.5, 0.6) is 0 Å². The van der Waals surface area contributed by atoms with Crippen molar-refractivity contribution in [3.63, 3.8) is 0 Å². The molecule has 0 radical (unpaired) electrons. The van der Waals surface area contributed by atoms with Gasteiger partial charge in [-0.25, -0.2) is 4.99 Å². The minimum absolute atomic E-state index is 0.470. The molecule has 39 heavy (non-hydrogen) atoms. The van der Waals surface area contributed by atoms with E-state index in [4.69, 9.17) is 23.9 Å². The third-order valence-corrected chi connectivity index (χ3v) is 5.77. The maximum Gasteiger partial charge on any atom is 0.0889 e. The molecule has 0 bridgehead atoms. The molecule has 0 atom stereocenters. The third-order valence-electron chi connectivity index (χ3n) is 5.30. The predicted molar refractivity (Wildman–Crippen MR) is 157 cm³/mol. The average molecular weight is 593 g/mol. The summed E-state index contributed by atoms with van der Waals surface area (Å²) < 4.78 is 21.6.